The van der Waals surface area contributed by atoms with Gasteiger partial charge in [-0.3, -0.25) is 0 Å². The van der Waals surface area contributed by atoms with Crippen LogP contribution in [0.1, 0.15) is 11.1 Å². The summed E-state index contributed by atoms with van der Waals surface area (Å²) >= 11 is 12.7. The van der Waals surface area contributed by atoms with Crippen LogP contribution in [-0.2, 0) is 11.8 Å². The minimum absolute atomic E-state index is 0.0907. The highest BCUT2D eigenvalue weighted by atomic mass is 79.9. The summed E-state index contributed by atoms with van der Waals surface area (Å²) in [4.78, 5) is 0. The van der Waals surface area contributed by atoms with E-state index >= 15 is 0 Å². The van der Waals surface area contributed by atoms with Crippen LogP contribution >= 0.6 is 43.5 Å². The second kappa shape index (κ2) is 7.21. The van der Waals surface area contributed by atoms with E-state index in [1.54, 1.807) is 24.3 Å². The van der Waals surface area contributed by atoms with Gasteiger partial charge in [0.2, 0.25) is 0 Å². The van der Waals surface area contributed by atoms with E-state index in [0.29, 0.717) is 22.6 Å². The first-order valence-electron chi connectivity index (χ1n) is 6.33. The van der Waals surface area contributed by atoms with Gasteiger partial charge in [-0.2, -0.15) is 0 Å². The van der Waals surface area contributed by atoms with Crippen LogP contribution in [0.2, 0.25) is 5.02 Å². The lowest BCUT2D eigenvalue weighted by atomic mass is 9.79. The van der Waals surface area contributed by atoms with E-state index < -0.39 is 11.2 Å². The van der Waals surface area contributed by atoms with Crippen LogP contribution in [0.25, 0.3) is 0 Å². The van der Waals surface area contributed by atoms with E-state index in [1.807, 2.05) is 0 Å². The van der Waals surface area contributed by atoms with Gasteiger partial charge in [0.25, 0.3) is 0 Å². The quantitative estimate of drug-likeness (QED) is 0.511. The van der Waals surface area contributed by atoms with Crippen LogP contribution in [0.4, 0.5) is 8.78 Å². The average molecular weight is 439 g/mol. The van der Waals surface area contributed by atoms with Crippen molar-refractivity contribution in [2.24, 2.45) is 0 Å². The number of halogens is 5. The fourth-order valence-corrected chi connectivity index (χ4v) is 4.35. The summed E-state index contributed by atoms with van der Waals surface area (Å²) in [5.41, 5.74) is 0.888. The fraction of sp³-hybridized carbons (Fsp3) is 0.250. The lowest BCUT2D eigenvalue weighted by molar-refractivity contribution is 0.499. The molecule has 0 N–H and O–H groups in total. The molecule has 0 bridgehead atoms. The summed E-state index contributed by atoms with van der Waals surface area (Å²) in [6.45, 7) is 0. The lowest BCUT2D eigenvalue weighted by Gasteiger charge is -2.31. The Bertz CT molecular complexity index is 627. The minimum Gasteiger partial charge on any atom is -0.207 e. The van der Waals surface area contributed by atoms with E-state index in [4.69, 9.17) is 11.6 Å². The fourth-order valence-electron chi connectivity index (χ4n) is 2.30. The number of hydrogen-bond acceptors (Lipinski definition) is 0. The normalized spacial score (nSPS) is 11.7. The van der Waals surface area contributed by atoms with Gasteiger partial charge < -0.3 is 0 Å². The van der Waals surface area contributed by atoms with Gasteiger partial charge in [0.15, 0.2) is 0 Å². The SMILES string of the molecule is Fc1cc(CC(CBr)(CBr)c2ccccc2F)ccc1Cl. The van der Waals surface area contributed by atoms with Crippen LogP contribution in [0.15, 0.2) is 42.5 Å². The summed E-state index contributed by atoms with van der Waals surface area (Å²) in [5.74, 6) is -0.716. The molecule has 2 aromatic carbocycles. The van der Waals surface area contributed by atoms with Crippen LogP contribution in [0, 0.1) is 11.6 Å². The molecular weight excluding hydrogens is 425 g/mol. The summed E-state index contributed by atoms with van der Waals surface area (Å²) < 4.78 is 27.8. The summed E-state index contributed by atoms with van der Waals surface area (Å²) in [5, 5.41) is 1.19. The van der Waals surface area contributed by atoms with Crippen molar-refractivity contribution in [3.8, 4) is 0 Å². The van der Waals surface area contributed by atoms with Gasteiger partial charge >= 0.3 is 0 Å². The highest BCUT2D eigenvalue weighted by Crippen LogP contribution is 2.35. The zero-order chi connectivity index (χ0) is 15.5. The predicted molar refractivity (Wildman–Crippen MR) is 90.8 cm³/mol. The molecular formula is C16H13Br2ClF2. The molecule has 0 saturated heterocycles. The third kappa shape index (κ3) is 3.66. The summed E-state index contributed by atoms with van der Waals surface area (Å²) in [7, 11) is 0. The Labute approximate surface area is 144 Å². The van der Waals surface area contributed by atoms with E-state index in [2.05, 4.69) is 31.9 Å². The first-order chi connectivity index (χ1) is 10.0. The Morgan fingerprint density at radius 2 is 1.62 bits per heavy atom. The van der Waals surface area contributed by atoms with E-state index in [1.165, 1.54) is 18.2 Å². The minimum atomic E-state index is -0.494. The summed E-state index contributed by atoms with van der Waals surface area (Å²) in [6.07, 6.45) is 0.499. The van der Waals surface area contributed by atoms with Crippen LogP contribution in [0.3, 0.4) is 0 Å². The van der Waals surface area contributed by atoms with Crippen LogP contribution < -0.4 is 0 Å². The molecule has 0 unspecified atom stereocenters. The number of benzene rings is 2. The van der Waals surface area contributed by atoms with Crippen molar-refractivity contribution in [2.45, 2.75) is 11.8 Å². The monoisotopic (exact) mass is 436 g/mol. The molecule has 0 amide bonds. The van der Waals surface area contributed by atoms with Gasteiger partial charge in [-0.25, -0.2) is 8.78 Å². The van der Waals surface area contributed by atoms with Crippen molar-refractivity contribution >= 4 is 43.5 Å². The summed E-state index contributed by atoms with van der Waals surface area (Å²) in [6, 6.07) is 11.4. The molecule has 0 aliphatic heterocycles. The highest BCUT2D eigenvalue weighted by molar-refractivity contribution is 9.09. The molecule has 0 radical (unpaired) electrons. The van der Waals surface area contributed by atoms with Gasteiger partial charge in [-0.1, -0.05) is 67.7 Å². The molecule has 5 heteroatoms. The number of rotatable bonds is 5. The van der Waals surface area contributed by atoms with Crippen molar-refractivity contribution in [2.75, 3.05) is 10.7 Å². The largest absolute Gasteiger partial charge is 0.207 e. The molecule has 0 aromatic heterocycles. The third-order valence-electron chi connectivity index (χ3n) is 3.48. The third-order valence-corrected chi connectivity index (χ3v) is 5.94. The van der Waals surface area contributed by atoms with Crippen molar-refractivity contribution in [3.63, 3.8) is 0 Å². The van der Waals surface area contributed by atoms with Crippen LogP contribution in [0.5, 0.6) is 0 Å². The second-order valence-corrected chi connectivity index (χ2v) is 6.48. The van der Waals surface area contributed by atoms with Gasteiger partial charge in [0.05, 0.1) is 5.02 Å². The molecule has 0 atom stereocenters. The Kier molecular flexibility index (Phi) is 5.81. The smallest absolute Gasteiger partial charge is 0.142 e. The zero-order valence-corrected chi connectivity index (χ0v) is 15.0. The number of alkyl halides is 2. The first kappa shape index (κ1) is 16.9. The second-order valence-electron chi connectivity index (χ2n) is 4.95. The van der Waals surface area contributed by atoms with Crippen molar-refractivity contribution < 1.29 is 8.78 Å². The predicted octanol–water partition coefficient (Wildman–Crippen LogP) is 5.89. The first-order valence-corrected chi connectivity index (χ1v) is 8.95. The Hall–Kier alpha value is -0.450. The van der Waals surface area contributed by atoms with Gasteiger partial charge in [0, 0.05) is 16.1 Å². The molecule has 2 rings (SSSR count). The molecule has 112 valence electrons. The Morgan fingerprint density at radius 1 is 0.952 bits per heavy atom. The molecule has 0 nitrogen and oxygen atoms in total. The standard InChI is InChI=1S/C16H13Br2ClF2/c17-9-16(10-18,12-3-1-2-4-14(12)20)8-11-5-6-13(19)15(21)7-11/h1-7H,8-10H2. The molecule has 0 saturated carbocycles. The molecule has 2 aromatic rings. The maximum absolute atomic E-state index is 14.2. The molecule has 0 fully saturated rings. The average Bonchev–Trinajstić information content (AvgIpc) is 2.49. The van der Waals surface area contributed by atoms with E-state index in [-0.39, 0.29) is 10.8 Å². The lowest BCUT2D eigenvalue weighted by Crippen LogP contribution is -2.34. The Morgan fingerprint density at radius 3 is 2.19 bits per heavy atom. The molecule has 21 heavy (non-hydrogen) atoms. The molecule has 0 aliphatic rings. The van der Waals surface area contributed by atoms with Crippen molar-refractivity contribution in [3.05, 3.63) is 70.2 Å². The Balaban J connectivity index is 2.43. The van der Waals surface area contributed by atoms with Crippen molar-refractivity contribution in [1.29, 1.82) is 0 Å². The topological polar surface area (TPSA) is 0 Å². The molecule has 0 aliphatic carbocycles. The van der Waals surface area contributed by atoms with Gasteiger partial charge in [-0.05, 0) is 35.7 Å². The number of hydrogen-bond donors (Lipinski definition) is 0. The van der Waals surface area contributed by atoms with Crippen LogP contribution in [-0.4, -0.2) is 10.7 Å². The zero-order valence-electron chi connectivity index (χ0n) is 11.1. The van der Waals surface area contributed by atoms with E-state index in [9.17, 15) is 8.78 Å². The molecule has 0 spiro atoms. The van der Waals surface area contributed by atoms with Crippen molar-refractivity contribution in [1.82, 2.24) is 0 Å². The maximum Gasteiger partial charge on any atom is 0.142 e. The highest BCUT2D eigenvalue weighted by Gasteiger charge is 2.33. The molecule has 0 heterocycles. The van der Waals surface area contributed by atoms with E-state index in [0.717, 1.165) is 5.56 Å². The maximum atomic E-state index is 14.2. The van der Waals surface area contributed by atoms with Gasteiger partial charge in [0.1, 0.15) is 11.6 Å². The van der Waals surface area contributed by atoms with Gasteiger partial charge in [-0.15, -0.1) is 0 Å².